The Kier molecular flexibility index (Phi) is 4.70. The minimum absolute atomic E-state index is 0.132. The summed E-state index contributed by atoms with van der Waals surface area (Å²) in [5.41, 5.74) is 4.88. The van der Waals surface area contributed by atoms with Crippen molar-refractivity contribution in [3.8, 4) is 0 Å². The zero-order chi connectivity index (χ0) is 20.7. The summed E-state index contributed by atoms with van der Waals surface area (Å²) < 4.78 is 34.7. The lowest BCUT2D eigenvalue weighted by atomic mass is 10.1. The molecule has 0 radical (unpaired) electrons. The minimum atomic E-state index is -0.659. The Bertz CT molecular complexity index is 1220. The topological polar surface area (TPSA) is 47.2 Å². The van der Waals surface area contributed by atoms with Crippen molar-refractivity contribution in [2.24, 2.45) is 0 Å². The molecule has 2 aromatic carbocycles. The molecule has 0 bridgehead atoms. The van der Waals surface area contributed by atoms with E-state index in [0.717, 1.165) is 17.2 Å². The lowest BCUT2D eigenvalue weighted by Gasteiger charge is -2.12. The van der Waals surface area contributed by atoms with Crippen molar-refractivity contribution in [1.82, 2.24) is 4.57 Å². The van der Waals surface area contributed by atoms with Crippen molar-refractivity contribution in [3.05, 3.63) is 88.3 Å². The summed E-state index contributed by atoms with van der Waals surface area (Å²) >= 11 is 0. The Morgan fingerprint density at radius 3 is 2.38 bits per heavy atom. The Balaban J connectivity index is 1.73. The van der Waals surface area contributed by atoms with Crippen LogP contribution in [0.4, 0.5) is 14.5 Å². The summed E-state index contributed by atoms with van der Waals surface area (Å²) in [4.78, 5) is 13.0. The van der Waals surface area contributed by atoms with Gasteiger partial charge in [-0.25, -0.2) is 8.78 Å². The van der Waals surface area contributed by atoms with Gasteiger partial charge in [-0.2, -0.15) is 0 Å². The number of nitrogens with one attached hydrogen (secondary N) is 1. The number of hydrogen-bond donors (Lipinski definition) is 1. The van der Waals surface area contributed by atoms with Crippen molar-refractivity contribution in [2.45, 2.75) is 27.3 Å². The van der Waals surface area contributed by atoms with Crippen LogP contribution < -0.4 is 5.32 Å². The molecular formula is C23H20F2N2O2. The van der Waals surface area contributed by atoms with Gasteiger partial charge in [-0.15, -0.1) is 0 Å². The van der Waals surface area contributed by atoms with Crippen molar-refractivity contribution >= 4 is 22.7 Å². The third kappa shape index (κ3) is 3.78. The van der Waals surface area contributed by atoms with Crippen molar-refractivity contribution < 1.29 is 18.0 Å². The fourth-order valence-electron chi connectivity index (χ4n) is 3.42. The van der Waals surface area contributed by atoms with Crippen molar-refractivity contribution in [1.29, 1.82) is 0 Å². The number of rotatable bonds is 4. The van der Waals surface area contributed by atoms with E-state index in [1.54, 1.807) is 23.6 Å². The van der Waals surface area contributed by atoms with E-state index < -0.39 is 11.6 Å². The van der Waals surface area contributed by atoms with Gasteiger partial charge in [0.15, 0.2) is 5.58 Å². The molecule has 0 unspecified atom stereocenters. The SMILES string of the molecule is Cc1cc2c(cc(C(=O)Nc3ccc(C)c(C)c3)n2Cc2cc(F)cc(F)c2)o1. The lowest BCUT2D eigenvalue weighted by Crippen LogP contribution is -2.17. The highest BCUT2D eigenvalue weighted by atomic mass is 19.1. The summed E-state index contributed by atoms with van der Waals surface area (Å²) in [6.45, 7) is 5.91. The number of aromatic nitrogens is 1. The molecule has 0 saturated carbocycles. The molecule has 2 heterocycles. The van der Waals surface area contributed by atoms with Gasteiger partial charge in [0.2, 0.25) is 0 Å². The lowest BCUT2D eigenvalue weighted by molar-refractivity contribution is 0.101. The van der Waals surface area contributed by atoms with Gasteiger partial charge in [0, 0.05) is 30.4 Å². The van der Waals surface area contributed by atoms with Gasteiger partial charge >= 0.3 is 0 Å². The monoisotopic (exact) mass is 394 g/mol. The Hall–Kier alpha value is -3.41. The maximum absolute atomic E-state index is 13.6. The van der Waals surface area contributed by atoms with Crippen LogP contribution in [0, 0.1) is 32.4 Å². The molecule has 2 aromatic heterocycles. The number of carbonyl (C=O) groups is 1. The summed E-state index contributed by atoms with van der Waals surface area (Å²) in [5, 5.41) is 2.89. The summed E-state index contributed by atoms with van der Waals surface area (Å²) in [5.74, 6) is -0.953. The molecule has 4 nitrogen and oxygen atoms in total. The van der Waals surface area contributed by atoms with Crippen LogP contribution in [0.3, 0.4) is 0 Å². The second kappa shape index (κ2) is 7.20. The van der Waals surface area contributed by atoms with Gasteiger partial charge in [-0.3, -0.25) is 4.79 Å². The number of nitrogens with zero attached hydrogens (tertiary/aromatic N) is 1. The molecule has 148 valence electrons. The van der Waals surface area contributed by atoms with Crippen LogP contribution >= 0.6 is 0 Å². The molecule has 0 atom stereocenters. The maximum atomic E-state index is 13.6. The third-order valence-electron chi connectivity index (χ3n) is 4.97. The van der Waals surface area contributed by atoms with Crippen LogP contribution in [0.1, 0.15) is 32.9 Å². The van der Waals surface area contributed by atoms with Gasteiger partial charge in [0.1, 0.15) is 23.1 Å². The summed E-state index contributed by atoms with van der Waals surface area (Å²) in [6, 6.07) is 12.5. The molecule has 0 aliphatic carbocycles. The second-order valence-corrected chi connectivity index (χ2v) is 7.25. The molecular weight excluding hydrogens is 374 g/mol. The quantitative estimate of drug-likeness (QED) is 0.480. The average Bonchev–Trinajstić information content (AvgIpc) is 3.14. The predicted octanol–water partition coefficient (Wildman–Crippen LogP) is 5.74. The zero-order valence-electron chi connectivity index (χ0n) is 16.3. The number of benzene rings is 2. The number of fused-ring (bicyclic) bond motifs is 1. The molecule has 0 saturated heterocycles. The molecule has 0 aliphatic rings. The fourth-order valence-corrected chi connectivity index (χ4v) is 3.42. The van der Waals surface area contributed by atoms with Crippen LogP contribution in [0.2, 0.25) is 0 Å². The van der Waals surface area contributed by atoms with Crippen LogP contribution in [0.15, 0.2) is 52.9 Å². The first-order valence-corrected chi connectivity index (χ1v) is 9.23. The fraction of sp³-hybridized carbons (Fsp3) is 0.174. The van der Waals surface area contributed by atoms with E-state index in [1.165, 1.54) is 12.1 Å². The molecule has 1 amide bonds. The first-order valence-electron chi connectivity index (χ1n) is 9.23. The van der Waals surface area contributed by atoms with E-state index >= 15 is 0 Å². The number of furan rings is 1. The molecule has 0 aliphatic heterocycles. The number of amides is 1. The minimum Gasteiger partial charge on any atom is -0.460 e. The first kappa shape index (κ1) is 18.9. The van der Waals surface area contributed by atoms with Crippen LogP contribution in [0.5, 0.6) is 0 Å². The highest BCUT2D eigenvalue weighted by molar-refractivity contribution is 6.06. The number of carbonyl (C=O) groups excluding carboxylic acids is 1. The largest absolute Gasteiger partial charge is 0.460 e. The van der Waals surface area contributed by atoms with E-state index in [1.807, 2.05) is 32.0 Å². The normalized spacial score (nSPS) is 11.2. The Morgan fingerprint density at radius 1 is 0.966 bits per heavy atom. The smallest absolute Gasteiger partial charge is 0.272 e. The summed E-state index contributed by atoms with van der Waals surface area (Å²) in [7, 11) is 0. The van der Waals surface area contributed by atoms with E-state index in [-0.39, 0.29) is 12.5 Å². The first-order chi connectivity index (χ1) is 13.8. The van der Waals surface area contributed by atoms with Crippen molar-refractivity contribution in [3.63, 3.8) is 0 Å². The Morgan fingerprint density at radius 2 is 1.69 bits per heavy atom. The molecule has 1 N–H and O–H groups in total. The number of anilines is 1. The second-order valence-electron chi connectivity index (χ2n) is 7.25. The van der Waals surface area contributed by atoms with E-state index in [2.05, 4.69) is 5.32 Å². The van der Waals surface area contributed by atoms with Gasteiger partial charge in [-0.05, 0) is 61.7 Å². The highest BCUT2D eigenvalue weighted by Gasteiger charge is 2.19. The average molecular weight is 394 g/mol. The van der Waals surface area contributed by atoms with Gasteiger partial charge < -0.3 is 14.3 Å². The maximum Gasteiger partial charge on any atom is 0.272 e. The number of hydrogen-bond acceptors (Lipinski definition) is 2. The van der Waals surface area contributed by atoms with Gasteiger partial charge in [0.05, 0.1) is 5.52 Å². The number of aryl methyl sites for hydroxylation is 3. The molecule has 0 spiro atoms. The molecule has 4 aromatic rings. The van der Waals surface area contributed by atoms with E-state index in [9.17, 15) is 13.6 Å². The van der Waals surface area contributed by atoms with Crippen LogP contribution in [-0.2, 0) is 6.54 Å². The molecule has 0 fully saturated rings. The van der Waals surface area contributed by atoms with Crippen LogP contribution in [0.25, 0.3) is 11.1 Å². The summed E-state index contributed by atoms with van der Waals surface area (Å²) in [6.07, 6.45) is 0. The number of halogens is 2. The van der Waals surface area contributed by atoms with Gasteiger partial charge in [-0.1, -0.05) is 6.07 Å². The molecule has 4 rings (SSSR count). The Labute approximate surface area is 166 Å². The zero-order valence-corrected chi connectivity index (χ0v) is 16.3. The highest BCUT2D eigenvalue weighted by Crippen LogP contribution is 2.26. The third-order valence-corrected chi connectivity index (χ3v) is 4.97. The van der Waals surface area contributed by atoms with Gasteiger partial charge in [0.25, 0.3) is 5.91 Å². The van der Waals surface area contributed by atoms with Crippen LogP contribution in [-0.4, -0.2) is 10.5 Å². The molecule has 29 heavy (non-hydrogen) atoms. The van der Waals surface area contributed by atoms with E-state index in [4.69, 9.17) is 4.42 Å². The predicted molar refractivity (Wildman–Crippen MR) is 108 cm³/mol. The standard InChI is InChI=1S/C23H20F2N2O2/c1-13-4-5-19(6-14(13)2)26-23(28)21-11-22-20(7-15(3)29-22)27(21)12-16-8-17(24)10-18(25)9-16/h4-11H,12H2,1-3H3,(H,26,28). The van der Waals surface area contributed by atoms with E-state index in [0.29, 0.717) is 33.8 Å². The molecule has 6 heteroatoms. The van der Waals surface area contributed by atoms with Crippen molar-refractivity contribution in [2.75, 3.05) is 5.32 Å².